The molecule has 5 rings (SSSR count). The van der Waals surface area contributed by atoms with Gasteiger partial charge in [-0.1, -0.05) is 46.7 Å². The number of ether oxygens (including phenoxy) is 6. The summed E-state index contributed by atoms with van der Waals surface area (Å²) >= 11 is 17.0. The minimum absolute atomic E-state index is 0.126. The average Bonchev–Trinajstić information content (AvgIpc) is 3.41. The minimum Gasteiger partial charge on any atom is -0.493 e. The standard InChI is InChI=1S/C36H33BrCl2N2O9S/c1-6-47-27-16-22(9-11-26(27)49-18-30(42)46-5)32-31(35(44)48-7-2)19(3)40-36-41(32)34(43)29(51-36)15-21-12-23(37)33(28(14-21)45-4)50-17-20-8-10-24(38)25(39)13-20/h8-16,32H,6-7,17-18H2,1-5H3/b29-15-/t32-/m0/s1. The summed E-state index contributed by atoms with van der Waals surface area (Å²) in [6.45, 7) is 5.50. The van der Waals surface area contributed by atoms with Gasteiger partial charge in [0.25, 0.3) is 5.56 Å². The number of nitrogens with zero attached hydrogens (tertiary/aromatic N) is 2. The van der Waals surface area contributed by atoms with E-state index in [-0.39, 0.29) is 31.0 Å². The highest BCUT2D eigenvalue weighted by Gasteiger charge is 2.34. The quantitative estimate of drug-likeness (QED) is 0.141. The van der Waals surface area contributed by atoms with E-state index in [4.69, 9.17) is 46.9 Å². The number of aromatic nitrogens is 1. The topological polar surface area (TPSA) is 124 Å². The summed E-state index contributed by atoms with van der Waals surface area (Å²) < 4.78 is 35.7. The molecule has 0 fully saturated rings. The number of methoxy groups -OCH3 is 2. The molecular weight excluding hydrogens is 787 g/mol. The van der Waals surface area contributed by atoms with Gasteiger partial charge >= 0.3 is 11.9 Å². The van der Waals surface area contributed by atoms with E-state index in [1.165, 1.54) is 30.1 Å². The Bertz CT molecular complexity index is 2200. The second-order valence-corrected chi connectivity index (χ2v) is 13.6. The highest BCUT2D eigenvalue weighted by molar-refractivity contribution is 9.10. The first-order chi connectivity index (χ1) is 24.5. The zero-order chi connectivity index (χ0) is 36.8. The number of fused-ring (bicyclic) bond motifs is 1. The van der Waals surface area contributed by atoms with Crippen molar-refractivity contribution in [2.45, 2.75) is 33.4 Å². The van der Waals surface area contributed by atoms with Crippen LogP contribution in [-0.4, -0.2) is 50.5 Å². The molecule has 268 valence electrons. The minimum atomic E-state index is -0.908. The Labute approximate surface area is 315 Å². The van der Waals surface area contributed by atoms with Crippen molar-refractivity contribution in [2.75, 3.05) is 34.0 Å². The fourth-order valence-corrected chi connectivity index (χ4v) is 7.23. The number of halogens is 3. The molecule has 4 aromatic rings. The molecule has 51 heavy (non-hydrogen) atoms. The number of rotatable bonds is 13. The summed E-state index contributed by atoms with van der Waals surface area (Å²) in [5.41, 5.74) is 2.23. The Hall–Kier alpha value is -4.30. The molecule has 0 radical (unpaired) electrons. The van der Waals surface area contributed by atoms with Crippen molar-refractivity contribution < 1.29 is 38.0 Å². The zero-order valence-electron chi connectivity index (χ0n) is 28.2. The maximum atomic E-state index is 14.3. The first-order valence-electron chi connectivity index (χ1n) is 15.6. The highest BCUT2D eigenvalue weighted by Crippen LogP contribution is 2.39. The molecule has 0 unspecified atom stereocenters. The van der Waals surface area contributed by atoms with Gasteiger partial charge in [-0.15, -0.1) is 0 Å². The van der Waals surface area contributed by atoms with E-state index in [0.717, 1.165) is 5.56 Å². The number of benzene rings is 3. The van der Waals surface area contributed by atoms with Crippen molar-refractivity contribution in [3.63, 3.8) is 0 Å². The number of hydrogen-bond donors (Lipinski definition) is 0. The van der Waals surface area contributed by atoms with Gasteiger partial charge in [0.2, 0.25) is 0 Å². The van der Waals surface area contributed by atoms with Gasteiger partial charge < -0.3 is 28.4 Å². The summed E-state index contributed by atoms with van der Waals surface area (Å²) in [4.78, 5) is 44.4. The van der Waals surface area contributed by atoms with E-state index in [1.807, 2.05) is 6.07 Å². The maximum absolute atomic E-state index is 14.3. The van der Waals surface area contributed by atoms with Crippen molar-refractivity contribution in [1.29, 1.82) is 0 Å². The lowest BCUT2D eigenvalue weighted by atomic mass is 9.95. The van der Waals surface area contributed by atoms with Crippen LogP contribution in [0.2, 0.25) is 10.0 Å². The van der Waals surface area contributed by atoms with Gasteiger partial charge in [0.1, 0.15) is 6.61 Å². The molecule has 15 heteroatoms. The summed E-state index contributed by atoms with van der Waals surface area (Å²) in [7, 11) is 2.79. The molecule has 2 heterocycles. The molecule has 3 aromatic carbocycles. The van der Waals surface area contributed by atoms with Crippen LogP contribution in [0.5, 0.6) is 23.0 Å². The molecule has 0 aliphatic carbocycles. The van der Waals surface area contributed by atoms with Gasteiger partial charge in [-0.3, -0.25) is 9.36 Å². The van der Waals surface area contributed by atoms with E-state index in [0.29, 0.717) is 70.3 Å². The molecule has 0 N–H and O–H groups in total. The molecule has 0 bridgehead atoms. The third-order valence-corrected chi connectivity index (χ3v) is 9.90. The van der Waals surface area contributed by atoms with Crippen molar-refractivity contribution in [2.24, 2.45) is 4.99 Å². The molecule has 0 saturated carbocycles. The van der Waals surface area contributed by atoms with Gasteiger partial charge in [0.05, 0.1) is 63.8 Å². The third-order valence-electron chi connectivity index (χ3n) is 7.59. The monoisotopic (exact) mass is 818 g/mol. The second kappa shape index (κ2) is 16.8. The van der Waals surface area contributed by atoms with Crippen LogP contribution in [0.25, 0.3) is 6.08 Å². The van der Waals surface area contributed by atoms with Gasteiger partial charge in [-0.05, 0) is 95.9 Å². The van der Waals surface area contributed by atoms with E-state index in [2.05, 4.69) is 25.7 Å². The largest absolute Gasteiger partial charge is 0.493 e. The number of carbonyl (C=O) groups excluding carboxylic acids is 2. The molecule has 0 spiro atoms. The highest BCUT2D eigenvalue weighted by atomic mass is 79.9. The van der Waals surface area contributed by atoms with Crippen LogP contribution in [0.1, 0.15) is 43.5 Å². The van der Waals surface area contributed by atoms with Gasteiger partial charge in [-0.2, -0.15) is 0 Å². The van der Waals surface area contributed by atoms with Crippen LogP contribution in [0, 0.1) is 0 Å². The van der Waals surface area contributed by atoms with Crippen LogP contribution < -0.4 is 33.8 Å². The predicted octanol–water partition coefficient (Wildman–Crippen LogP) is 6.41. The number of thiazole rings is 1. The fourth-order valence-electron chi connectivity index (χ4n) is 5.28. The normalized spacial score (nSPS) is 14.0. The Balaban J connectivity index is 1.58. The van der Waals surface area contributed by atoms with Gasteiger partial charge in [0, 0.05) is 0 Å². The Morgan fingerprint density at radius 3 is 2.43 bits per heavy atom. The third kappa shape index (κ3) is 8.44. The summed E-state index contributed by atoms with van der Waals surface area (Å²) in [5.74, 6) is 0.331. The number of esters is 2. The Kier molecular flexibility index (Phi) is 12.5. The average molecular weight is 821 g/mol. The van der Waals surface area contributed by atoms with Crippen molar-refractivity contribution >= 4 is 68.5 Å². The molecule has 1 aliphatic rings. The van der Waals surface area contributed by atoms with Crippen LogP contribution in [0.4, 0.5) is 0 Å². The maximum Gasteiger partial charge on any atom is 0.343 e. The van der Waals surface area contributed by atoms with Crippen LogP contribution >= 0.6 is 50.5 Å². The first-order valence-corrected chi connectivity index (χ1v) is 18.0. The van der Waals surface area contributed by atoms with Crippen LogP contribution in [0.15, 0.2) is 74.1 Å². The van der Waals surface area contributed by atoms with E-state index in [9.17, 15) is 14.4 Å². The van der Waals surface area contributed by atoms with E-state index >= 15 is 0 Å². The molecule has 0 saturated heterocycles. The SMILES string of the molecule is CCOC(=O)C1=C(C)N=c2s/c(=C\c3cc(Br)c(OCc4ccc(Cl)c(Cl)c4)c(OC)c3)c(=O)n2[C@H]1c1ccc(OCC(=O)OC)c(OCC)c1. The van der Waals surface area contributed by atoms with Gasteiger partial charge in [-0.25, -0.2) is 14.6 Å². The van der Waals surface area contributed by atoms with Crippen molar-refractivity contribution in [3.05, 3.63) is 111 Å². The molecular formula is C36H33BrCl2N2O9S. The first kappa shape index (κ1) is 37.9. The number of allylic oxidation sites excluding steroid dienone is 1. The predicted molar refractivity (Wildman–Crippen MR) is 197 cm³/mol. The Morgan fingerprint density at radius 2 is 1.75 bits per heavy atom. The van der Waals surface area contributed by atoms with Crippen LogP contribution in [0.3, 0.4) is 0 Å². The van der Waals surface area contributed by atoms with E-state index < -0.39 is 18.0 Å². The second-order valence-electron chi connectivity index (χ2n) is 10.9. The Morgan fingerprint density at radius 1 is 0.961 bits per heavy atom. The molecule has 0 amide bonds. The molecule has 1 atom stereocenters. The lowest BCUT2D eigenvalue weighted by molar-refractivity contribution is -0.143. The van der Waals surface area contributed by atoms with Crippen molar-refractivity contribution in [1.82, 2.24) is 4.57 Å². The molecule has 1 aromatic heterocycles. The van der Waals surface area contributed by atoms with Crippen LogP contribution in [-0.2, 0) is 25.7 Å². The smallest absolute Gasteiger partial charge is 0.343 e. The fraction of sp³-hybridized carbons (Fsp3) is 0.278. The summed E-state index contributed by atoms with van der Waals surface area (Å²) in [6.07, 6.45) is 1.72. The lowest BCUT2D eigenvalue weighted by Crippen LogP contribution is -2.40. The van der Waals surface area contributed by atoms with Gasteiger partial charge in [0.15, 0.2) is 34.4 Å². The van der Waals surface area contributed by atoms with Crippen molar-refractivity contribution in [3.8, 4) is 23.0 Å². The lowest BCUT2D eigenvalue weighted by Gasteiger charge is -2.25. The zero-order valence-corrected chi connectivity index (χ0v) is 32.1. The summed E-state index contributed by atoms with van der Waals surface area (Å²) in [6, 6.07) is 12.9. The number of hydrogen-bond acceptors (Lipinski definition) is 11. The molecule has 1 aliphatic heterocycles. The molecule has 11 nitrogen and oxygen atoms in total. The number of carbonyl (C=O) groups is 2. The summed E-state index contributed by atoms with van der Waals surface area (Å²) in [5, 5.41) is 0.867. The van der Waals surface area contributed by atoms with E-state index in [1.54, 1.807) is 69.3 Å².